The van der Waals surface area contributed by atoms with Crippen LogP contribution in [0.3, 0.4) is 0 Å². The van der Waals surface area contributed by atoms with Crippen molar-refractivity contribution in [3.05, 3.63) is 23.9 Å². The summed E-state index contributed by atoms with van der Waals surface area (Å²) >= 11 is 0. The Hall–Kier alpha value is -1.58. The van der Waals surface area contributed by atoms with Crippen LogP contribution in [-0.4, -0.2) is 15.9 Å². The Labute approximate surface area is 70.7 Å². The fourth-order valence-corrected chi connectivity index (χ4v) is 0.960. The molecule has 0 aliphatic rings. The van der Waals surface area contributed by atoms with Crippen molar-refractivity contribution in [3.63, 3.8) is 0 Å². The summed E-state index contributed by atoms with van der Waals surface area (Å²) in [5.41, 5.74) is 6.89. The van der Waals surface area contributed by atoms with E-state index in [1.54, 1.807) is 18.3 Å². The molecule has 0 aromatic carbocycles. The van der Waals surface area contributed by atoms with E-state index in [1.807, 2.05) is 6.92 Å². The second kappa shape index (κ2) is 3.71. The van der Waals surface area contributed by atoms with Crippen LogP contribution in [0.15, 0.2) is 23.5 Å². The summed E-state index contributed by atoms with van der Waals surface area (Å²) in [5.74, 6) is 0.433. The van der Waals surface area contributed by atoms with Crippen LogP contribution in [0.1, 0.15) is 18.9 Å². The van der Waals surface area contributed by atoms with E-state index in [2.05, 4.69) is 10.1 Å². The highest BCUT2D eigenvalue weighted by atomic mass is 16.4. The van der Waals surface area contributed by atoms with Crippen molar-refractivity contribution in [1.29, 1.82) is 0 Å². The molecule has 0 spiro atoms. The minimum Gasteiger partial charge on any atom is -0.411 e. The Bertz CT molecular complexity index is 296. The summed E-state index contributed by atoms with van der Waals surface area (Å²) in [6, 6.07) is 3.44. The van der Waals surface area contributed by atoms with Gasteiger partial charge in [0, 0.05) is 11.8 Å². The van der Waals surface area contributed by atoms with Gasteiger partial charge in [-0.15, -0.1) is 0 Å². The number of aromatic nitrogens is 1. The molecule has 12 heavy (non-hydrogen) atoms. The van der Waals surface area contributed by atoms with Crippen molar-refractivity contribution in [3.8, 4) is 0 Å². The van der Waals surface area contributed by atoms with E-state index in [-0.39, 0.29) is 0 Å². The molecule has 0 bridgehead atoms. The van der Waals surface area contributed by atoms with Crippen LogP contribution in [0.25, 0.3) is 0 Å². The van der Waals surface area contributed by atoms with Gasteiger partial charge < -0.3 is 10.9 Å². The molecule has 0 aliphatic heterocycles. The number of hydrogen-bond donors (Lipinski definition) is 2. The zero-order valence-corrected chi connectivity index (χ0v) is 6.86. The number of nitrogen functional groups attached to an aromatic ring is 1. The van der Waals surface area contributed by atoms with Crippen LogP contribution >= 0.6 is 0 Å². The predicted octanol–water partition coefficient (Wildman–Crippen LogP) is 1.25. The number of rotatable bonds is 2. The fourth-order valence-electron chi connectivity index (χ4n) is 0.960. The topological polar surface area (TPSA) is 71.5 Å². The highest BCUT2D eigenvalue weighted by Gasteiger charge is 2.01. The smallest absolute Gasteiger partial charge is 0.123 e. The standard InChI is InChI=1S/C8H11N3O/c1-2-7(11-12)6-3-4-10-8(9)5-6/h3-5,12H,2H2,1H3,(H2,9,10)/b11-7-. The maximum Gasteiger partial charge on any atom is 0.123 e. The molecule has 4 heteroatoms. The SMILES string of the molecule is CC/C(=N/O)c1ccnc(N)c1. The van der Waals surface area contributed by atoms with Crippen molar-refractivity contribution in [1.82, 2.24) is 4.98 Å². The van der Waals surface area contributed by atoms with Gasteiger partial charge in [-0.2, -0.15) is 0 Å². The van der Waals surface area contributed by atoms with Crippen LogP contribution in [0.2, 0.25) is 0 Å². The molecule has 0 fully saturated rings. The number of pyridine rings is 1. The summed E-state index contributed by atoms with van der Waals surface area (Å²) in [6.07, 6.45) is 2.26. The lowest BCUT2D eigenvalue weighted by Crippen LogP contribution is -2.00. The van der Waals surface area contributed by atoms with Crippen LogP contribution in [0.5, 0.6) is 0 Å². The van der Waals surface area contributed by atoms with E-state index in [1.165, 1.54) is 0 Å². The van der Waals surface area contributed by atoms with Gasteiger partial charge in [0.1, 0.15) is 5.82 Å². The van der Waals surface area contributed by atoms with Gasteiger partial charge in [-0.3, -0.25) is 0 Å². The van der Waals surface area contributed by atoms with Gasteiger partial charge in [0.15, 0.2) is 0 Å². The van der Waals surface area contributed by atoms with Crippen molar-refractivity contribution in [2.24, 2.45) is 5.16 Å². The molecule has 1 aromatic heterocycles. The highest BCUT2D eigenvalue weighted by Crippen LogP contribution is 2.06. The van der Waals surface area contributed by atoms with Gasteiger partial charge >= 0.3 is 0 Å². The van der Waals surface area contributed by atoms with Crippen molar-refractivity contribution < 1.29 is 5.21 Å². The average Bonchev–Trinajstić information content (AvgIpc) is 2.07. The molecule has 0 unspecified atom stereocenters. The zero-order chi connectivity index (χ0) is 8.97. The summed E-state index contributed by atoms with van der Waals surface area (Å²) in [6.45, 7) is 1.91. The largest absolute Gasteiger partial charge is 0.411 e. The first-order valence-electron chi connectivity index (χ1n) is 3.70. The van der Waals surface area contributed by atoms with Crippen LogP contribution in [-0.2, 0) is 0 Å². The van der Waals surface area contributed by atoms with E-state index in [0.717, 1.165) is 5.56 Å². The number of oxime groups is 1. The van der Waals surface area contributed by atoms with Gasteiger partial charge in [0.25, 0.3) is 0 Å². The molecule has 3 N–H and O–H groups in total. The third-order valence-corrected chi connectivity index (χ3v) is 1.57. The molecule has 0 atom stereocenters. The molecule has 0 saturated carbocycles. The van der Waals surface area contributed by atoms with E-state index in [9.17, 15) is 0 Å². The fraction of sp³-hybridized carbons (Fsp3) is 0.250. The van der Waals surface area contributed by atoms with Crippen molar-refractivity contribution in [2.45, 2.75) is 13.3 Å². The number of nitrogens with zero attached hydrogens (tertiary/aromatic N) is 2. The summed E-state index contributed by atoms with van der Waals surface area (Å²) in [4.78, 5) is 3.83. The maximum absolute atomic E-state index is 8.60. The van der Waals surface area contributed by atoms with Crippen LogP contribution in [0, 0.1) is 0 Å². The van der Waals surface area contributed by atoms with Crippen molar-refractivity contribution >= 4 is 11.5 Å². The predicted molar refractivity (Wildman–Crippen MR) is 47.3 cm³/mol. The maximum atomic E-state index is 8.60. The molecule has 1 rings (SSSR count). The number of nitrogens with two attached hydrogens (primary N) is 1. The molecular weight excluding hydrogens is 154 g/mol. The first kappa shape index (κ1) is 8.52. The summed E-state index contributed by atoms with van der Waals surface area (Å²) in [7, 11) is 0. The zero-order valence-electron chi connectivity index (χ0n) is 6.86. The Balaban J connectivity index is 3.02. The second-order valence-electron chi connectivity index (χ2n) is 2.37. The molecule has 0 amide bonds. The summed E-state index contributed by atoms with van der Waals surface area (Å²) in [5, 5.41) is 11.7. The molecule has 0 aliphatic carbocycles. The first-order valence-corrected chi connectivity index (χ1v) is 3.70. The van der Waals surface area contributed by atoms with Crippen molar-refractivity contribution in [2.75, 3.05) is 5.73 Å². The Kier molecular flexibility index (Phi) is 2.63. The number of anilines is 1. The van der Waals surface area contributed by atoms with Gasteiger partial charge in [0.2, 0.25) is 0 Å². The van der Waals surface area contributed by atoms with Gasteiger partial charge in [-0.05, 0) is 18.6 Å². The lowest BCUT2D eigenvalue weighted by Gasteiger charge is -2.00. The van der Waals surface area contributed by atoms with Gasteiger partial charge in [0.05, 0.1) is 5.71 Å². The van der Waals surface area contributed by atoms with E-state index < -0.39 is 0 Å². The van der Waals surface area contributed by atoms with Gasteiger partial charge in [-0.25, -0.2) is 4.98 Å². The third-order valence-electron chi connectivity index (χ3n) is 1.57. The Morgan fingerprint density at radius 2 is 2.50 bits per heavy atom. The quantitative estimate of drug-likeness (QED) is 0.393. The van der Waals surface area contributed by atoms with E-state index in [0.29, 0.717) is 18.0 Å². The highest BCUT2D eigenvalue weighted by molar-refractivity contribution is 6.00. The first-order chi connectivity index (χ1) is 5.77. The van der Waals surface area contributed by atoms with E-state index in [4.69, 9.17) is 10.9 Å². The molecule has 1 aromatic rings. The van der Waals surface area contributed by atoms with Crippen LogP contribution < -0.4 is 5.73 Å². The Morgan fingerprint density at radius 1 is 1.75 bits per heavy atom. The molecule has 4 nitrogen and oxygen atoms in total. The molecule has 64 valence electrons. The van der Waals surface area contributed by atoms with Gasteiger partial charge in [-0.1, -0.05) is 12.1 Å². The van der Waals surface area contributed by atoms with Crippen LogP contribution in [0.4, 0.5) is 5.82 Å². The monoisotopic (exact) mass is 165 g/mol. The normalized spacial score (nSPS) is 11.6. The molecule has 0 saturated heterocycles. The third kappa shape index (κ3) is 1.72. The average molecular weight is 165 g/mol. The lowest BCUT2D eigenvalue weighted by molar-refractivity contribution is 0.318. The molecule has 1 heterocycles. The second-order valence-corrected chi connectivity index (χ2v) is 2.37. The Morgan fingerprint density at radius 3 is 3.00 bits per heavy atom. The number of hydrogen-bond acceptors (Lipinski definition) is 4. The van der Waals surface area contributed by atoms with E-state index >= 15 is 0 Å². The minimum absolute atomic E-state index is 0.433. The summed E-state index contributed by atoms with van der Waals surface area (Å²) < 4.78 is 0. The molecular formula is C8H11N3O. The lowest BCUT2D eigenvalue weighted by atomic mass is 10.1. The minimum atomic E-state index is 0.433. The molecule has 0 radical (unpaired) electrons.